The molecule has 32 heavy (non-hydrogen) atoms. The molecule has 4 N–H and O–H groups in total. The molecule has 11 atom stereocenters. The van der Waals surface area contributed by atoms with Crippen molar-refractivity contribution in [3.63, 3.8) is 0 Å². The average Bonchev–Trinajstić information content (AvgIpc) is 3.05. The third-order valence-corrected chi connectivity index (χ3v) is 11.0. The number of aliphatic hydroxyl groups excluding tert-OH is 3. The van der Waals surface area contributed by atoms with Crippen LogP contribution in [0.1, 0.15) is 78.6 Å². The molecule has 4 saturated carbocycles. The number of rotatable bonds is 6. The molecule has 4 aliphatic rings. The van der Waals surface area contributed by atoms with Gasteiger partial charge in [-0.25, -0.2) is 4.18 Å². The molecular weight excluding hydrogens is 432 g/mol. The van der Waals surface area contributed by atoms with E-state index in [1.54, 1.807) is 0 Å². The normalized spacial score (nSPS) is 49.7. The molecular formula is C24H42O7S. The third-order valence-electron chi connectivity index (χ3n) is 10.6. The summed E-state index contributed by atoms with van der Waals surface area (Å²) >= 11 is 0. The van der Waals surface area contributed by atoms with Gasteiger partial charge >= 0.3 is 10.4 Å². The first-order chi connectivity index (χ1) is 14.9. The first kappa shape index (κ1) is 24.9. The van der Waals surface area contributed by atoms with Crippen LogP contribution in [0.4, 0.5) is 0 Å². The summed E-state index contributed by atoms with van der Waals surface area (Å²) in [5.74, 6) is 1.67. The van der Waals surface area contributed by atoms with Gasteiger partial charge in [-0.05, 0) is 104 Å². The van der Waals surface area contributed by atoms with Crippen molar-refractivity contribution in [1.29, 1.82) is 0 Å². The Labute approximate surface area is 192 Å². The number of hydrogen-bond donors (Lipinski definition) is 4. The summed E-state index contributed by atoms with van der Waals surface area (Å²) in [6.07, 6.45) is 6.26. The standard InChI is InChI=1S/C24H42O7S/c1-14(5-4-10-31-32(28,29)30)17-6-7-18-22-19(13-21(27)24(17,18)3)23(2)9-8-16(25)11-15(23)12-20(22)26/h14-22,25-27H,4-13H2,1-3H3,(H,28,29,30)/t14?,15-,16-,17-,18+,19?,20?,21+,22?,23+,24-/m1/s1. The first-order valence-corrected chi connectivity index (χ1v) is 13.9. The molecule has 4 unspecified atom stereocenters. The Morgan fingerprint density at radius 2 is 1.75 bits per heavy atom. The molecule has 4 rings (SSSR count). The van der Waals surface area contributed by atoms with Gasteiger partial charge in [0.25, 0.3) is 0 Å². The van der Waals surface area contributed by atoms with Crippen LogP contribution in [0.3, 0.4) is 0 Å². The molecule has 7 nitrogen and oxygen atoms in total. The SMILES string of the molecule is CC(CCCOS(=O)(=O)O)[C@H]1CC[C@H]2C3C(O)C[C@H]4C[C@H](O)CC[C@]4(C)C3C[C@H](O)[C@]12C. The second-order valence-corrected chi connectivity index (χ2v) is 13.0. The second kappa shape index (κ2) is 8.76. The van der Waals surface area contributed by atoms with Crippen molar-refractivity contribution in [3.05, 3.63) is 0 Å². The Hall–Kier alpha value is -0.250. The van der Waals surface area contributed by atoms with E-state index in [-0.39, 0.29) is 53.3 Å². The van der Waals surface area contributed by atoms with Gasteiger partial charge in [0.1, 0.15) is 0 Å². The third kappa shape index (κ3) is 4.17. The minimum atomic E-state index is -4.40. The minimum absolute atomic E-state index is 0.0341. The van der Waals surface area contributed by atoms with Gasteiger partial charge in [-0.1, -0.05) is 20.8 Å². The summed E-state index contributed by atoms with van der Waals surface area (Å²) in [5.41, 5.74) is -0.189. The Kier molecular flexibility index (Phi) is 6.80. The van der Waals surface area contributed by atoms with Crippen molar-refractivity contribution in [2.75, 3.05) is 6.61 Å². The summed E-state index contributed by atoms with van der Waals surface area (Å²) < 4.78 is 34.8. The highest BCUT2D eigenvalue weighted by atomic mass is 32.3. The highest BCUT2D eigenvalue weighted by Crippen LogP contribution is 2.68. The van der Waals surface area contributed by atoms with E-state index in [1.165, 1.54) is 0 Å². The fourth-order valence-electron chi connectivity index (χ4n) is 8.90. The Balaban J connectivity index is 1.50. The van der Waals surface area contributed by atoms with E-state index in [0.717, 1.165) is 44.9 Å². The molecule has 8 heteroatoms. The van der Waals surface area contributed by atoms with Crippen LogP contribution in [0, 0.1) is 46.3 Å². The van der Waals surface area contributed by atoms with Crippen LogP contribution in [-0.4, -0.2) is 53.2 Å². The summed E-state index contributed by atoms with van der Waals surface area (Å²) in [6, 6.07) is 0. The van der Waals surface area contributed by atoms with Crippen LogP contribution in [0.2, 0.25) is 0 Å². The maximum absolute atomic E-state index is 11.6. The van der Waals surface area contributed by atoms with Gasteiger partial charge in [-0.2, -0.15) is 8.42 Å². The van der Waals surface area contributed by atoms with Crippen LogP contribution >= 0.6 is 0 Å². The molecule has 0 aliphatic heterocycles. The molecule has 186 valence electrons. The van der Waals surface area contributed by atoms with Crippen molar-refractivity contribution in [2.45, 2.75) is 96.9 Å². The van der Waals surface area contributed by atoms with E-state index in [0.29, 0.717) is 24.7 Å². The fraction of sp³-hybridized carbons (Fsp3) is 1.00. The van der Waals surface area contributed by atoms with Gasteiger partial charge in [0.05, 0.1) is 24.9 Å². The van der Waals surface area contributed by atoms with E-state index < -0.39 is 16.5 Å². The largest absolute Gasteiger partial charge is 0.397 e. The van der Waals surface area contributed by atoms with Crippen LogP contribution < -0.4 is 0 Å². The molecule has 0 aromatic rings. The quantitative estimate of drug-likeness (QED) is 0.344. The molecule has 0 heterocycles. The monoisotopic (exact) mass is 474 g/mol. The van der Waals surface area contributed by atoms with Gasteiger partial charge in [0.15, 0.2) is 0 Å². The van der Waals surface area contributed by atoms with Gasteiger partial charge in [0.2, 0.25) is 0 Å². The van der Waals surface area contributed by atoms with Crippen LogP contribution in [-0.2, 0) is 14.6 Å². The summed E-state index contributed by atoms with van der Waals surface area (Å²) in [6.45, 7) is 6.69. The zero-order chi connectivity index (χ0) is 23.5. The summed E-state index contributed by atoms with van der Waals surface area (Å²) in [7, 11) is -4.40. The van der Waals surface area contributed by atoms with Crippen molar-refractivity contribution in [1.82, 2.24) is 0 Å². The summed E-state index contributed by atoms with van der Waals surface area (Å²) in [5, 5.41) is 33.1. The fourth-order valence-corrected chi connectivity index (χ4v) is 9.23. The average molecular weight is 475 g/mol. The molecule has 0 radical (unpaired) electrons. The molecule has 0 bridgehead atoms. The van der Waals surface area contributed by atoms with E-state index >= 15 is 0 Å². The lowest BCUT2D eigenvalue weighted by molar-refractivity contribution is -0.207. The van der Waals surface area contributed by atoms with E-state index in [2.05, 4.69) is 25.0 Å². The van der Waals surface area contributed by atoms with Crippen molar-refractivity contribution >= 4 is 10.4 Å². The van der Waals surface area contributed by atoms with Gasteiger partial charge in [-0.15, -0.1) is 0 Å². The van der Waals surface area contributed by atoms with Gasteiger partial charge in [-0.3, -0.25) is 4.55 Å². The highest BCUT2D eigenvalue weighted by molar-refractivity contribution is 7.80. The van der Waals surface area contributed by atoms with Crippen molar-refractivity contribution in [2.24, 2.45) is 46.3 Å². The molecule has 0 aromatic carbocycles. The number of hydrogen-bond acceptors (Lipinski definition) is 6. The predicted molar refractivity (Wildman–Crippen MR) is 120 cm³/mol. The molecule has 0 aromatic heterocycles. The topological polar surface area (TPSA) is 124 Å². The molecule has 0 spiro atoms. The number of fused-ring (bicyclic) bond motifs is 5. The minimum Gasteiger partial charge on any atom is -0.393 e. The van der Waals surface area contributed by atoms with Crippen LogP contribution in [0.5, 0.6) is 0 Å². The highest BCUT2D eigenvalue weighted by Gasteiger charge is 2.65. The lowest BCUT2D eigenvalue weighted by Gasteiger charge is -2.63. The van der Waals surface area contributed by atoms with E-state index in [9.17, 15) is 23.7 Å². The zero-order valence-corrected chi connectivity index (χ0v) is 20.5. The van der Waals surface area contributed by atoms with E-state index in [1.807, 2.05) is 0 Å². The maximum Gasteiger partial charge on any atom is 0.397 e. The van der Waals surface area contributed by atoms with Crippen LogP contribution in [0.25, 0.3) is 0 Å². The molecule has 0 saturated heterocycles. The van der Waals surface area contributed by atoms with Gasteiger partial charge in [0, 0.05) is 0 Å². The van der Waals surface area contributed by atoms with Crippen molar-refractivity contribution in [3.8, 4) is 0 Å². The Bertz CT molecular complexity index is 787. The lowest BCUT2D eigenvalue weighted by Crippen LogP contribution is -2.62. The lowest BCUT2D eigenvalue weighted by atomic mass is 9.43. The van der Waals surface area contributed by atoms with Gasteiger partial charge < -0.3 is 15.3 Å². The molecule has 0 amide bonds. The first-order valence-electron chi connectivity index (χ1n) is 12.5. The second-order valence-electron chi connectivity index (χ2n) is 11.9. The van der Waals surface area contributed by atoms with E-state index in [4.69, 9.17) is 4.55 Å². The smallest absolute Gasteiger partial charge is 0.393 e. The zero-order valence-electron chi connectivity index (χ0n) is 19.7. The predicted octanol–water partition coefficient (Wildman–Crippen LogP) is 3.18. The molecule has 4 aliphatic carbocycles. The Morgan fingerprint density at radius 3 is 2.44 bits per heavy atom. The molecule has 4 fully saturated rings. The Morgan fingerprint density at radius 1 is 1.03 bits per heavy atom. The van der Waals surface area contributed by atoms with Crippen molar-refractivity contribution < 1.29 is 32.5 Å². The number of aliphatic hydroxyl groups is 3. The maximum atomic E-state index is 11.6. The summed E-state index contributed by atoms with van der Waals surface area (Å²) in [4.78, 5) is 0. The van der Waals surface area contributed by atoms with Crippen LogP contribution in [0.15, 0.2) is 0 Å².